The fourth-order valence-corrected chi connectivity index (χ4v) is 3.27. The number of ether oxygens (including phenoxy) is 1. The van der Waals surface area contributed by atoms with Gasteiger partial charge in [0.2, 0.25) is 0 Å². The summed E-state index contributed by atoms with van der Waals surface area (Å²) in [5.74, 6) is 0.565. The molecule has 30 heavy (non-hydrogen) atoms. The van der Waals surface area contributed by atoms with Crippen LogP contribution in [-0.2, 0) is 0 Å². The lowest BCUT2D eigenvalue weighted by Crippen LogP contribution is -2.11. The van der Waals surface area contributed by atoms with E-state index in [1.165, 1.54) is 0 Å². The van der Waals surface area contributed by atoms with Crippen molar-refractivity contribution >= 4 is 27.5 Å². The van der Waals surface area contributed by atoms with Crippen LogP contribution in [0.4, 0.5) is 5.69 Å². The zero-order valence-corrected chi connectivity index (χ0v) is 17.8. The topological polar surface area (TPSA) is 69.0 Å². The van der Waals surface area contributed by atoms with Gasteiger partial charge in [0, 0.05) is 21.3 Å². The van der Waals surface area contributed by atoms with Crippen LogP contribution < -0.4 is 10.1 Å². The summed E-state index contributed by atoms with van der Waals surface area (Å²) in [5.41, 5.74) is 4.01. The Morgan fingerprint density at radius 1 is 1.00 bits per heavy atom. The number of rotatable bonds is 6. The molecule has 0 unspecified atom stereocenters. The third-order valence-corrected chi connectivity index (χ3v) is 5.02. The summed E-state index contributed by atoms with van der Waals surface area (Å²) in [4.78, 5) is 12.5. The fraction of sp³-hybridized carbons (Fsp3) is 0.0870. The summed E-state index contributed by atoms with van der Waals surface area (Å²) in [6, 6.07) is 22.5. The largest absolute Gasteiger partial charge is 0.494 e. The van der Waals surface area contributed by atoms with E-state index in [9.17, 15) is 4.79 Å². The van der Waals surface area contributed by atoms with Gasteiger partial charge in [0.15, 0.2) is 0 Å². The second-order valence-electron chi connectivity index (χ2n) is 6.50. The normalized spacial score (nSPS) is 10.6. The number of carbonyl (C=O) groups excluding carboxylic acids is 1. The highest BCUT2D eigenvalue weighted by molar-refractivity contribution is 9.10. The van der Waals surface area contributed by atoms with E-state index >= 15 is 0 Å². The molecule has 0 aliphatic rings. The first kappa shape index (κ1) is 19.8. The smallest absolute Gasteiger partial charge is 0.255 e. The van der Waals surface area contributed by atoms with Crippen LogP contribution in [0.2, 0.25) is 0 Å². The fourth-order valence-electron chi connectivity index (χ4n) is 3.00. The van der Waals surface area contributed by atoms with Gasteiger partial charge in [-0.2, -0.15) is 0 Å². The minimum Gasteiger partial charge on any atom is -0.494 e. The van der Waals surface area contributed by atoms with Crippen molar-refractivity contribution in [1.29, 1.82) is 0 Å². The van der Waals surface area contributed by atoms with Crippen molar-refractivity contribution in [3.05, 3.63) is 89.0 Å². The number of benzene rings is 3. The van der Waals surface area contributed by atoms with Gasteiger partial charge in [0.1, 0.15) is 5.75 Å². The van der Waals surface area contributed by atoms with Gasteiger partial charge >= 0.3 is 0 Å². The molecule has 1 heterocycles. The molecule has 1 aromatic heterocycles. The number of hydrogen-bond acceptors (Lipinski definition) is 4. The minimum atomic E-state index is -0.179. The van der Waals surface area contributed by atoms with Crippen LogP contribution in [0.3, 0.4) is 0 Å². The molecular formula is C23H19BrN4O2. The van der Waals surface area contributed by atoms with Gasteiger partial charge < -0.3 is 10.1 Å². The number of nitrogens with zero attached hydrogens (tertiary/aromatic N) is 3. The number of aromatic nitrogens is 3. The van der Waals surface area contributed by atoms with Gasteiger partial charge in [-0.3, -0.25) is 4.79 Å². The van der Waals surface area contributed by atoms with E-state index in [4.69, 9.17) is 4.74 Å². The number of nitrogens with one attached hydrogen (secondary N) is 1. The Balaban J connectivity index is 1.49. The van der Waals surface area contributed by atoms with Gasteiger partial charge in [0.25, 0.3) is 5.91 Å². The lowest BCUT2D eigenvalue weighted by Gasteiger charge is -2.09. The summed E-state index contributed by atoms with van der Waals surface area (Å²) < 4.78 is 8.18. The Hall–Kier alpha value is -3.45. The number of amides is 1. The molecule has 7 heteroatoms. The third-order valence-electron chi connectivity index (χ3n) is 4.49. The summed E-state index contributed by atoms with van der Waals surface area (Å²) in [6.45, 7) is 2.51. The molecule has 4 aromatic rings. The standard InChI is InChI=1S/C23H19BrN4O2/c1-2-30-21-13-5-17(6-14-21)23(29)26-19-9-11-20(12-10-19)28-22(15-25-27-28)16-3-7-18(24)8-4-16/h3-15H,2H2,1H3,(H,26,29). The Labute approximate surface area is 182 Å². The monoisotopic (exact) mass is 462 g/mol. The van der Waals surface area contributed by atoms with Crippen LogP contribution in [0.15, 0.2) is 83.5 Å². The van der Waals surface area contributed by atoms with Crippen LogP contribution in [0, 0.1) is 0 Å². The summed E-state index contributed by atoms with van der Waals surface area (Å²) in [7, 11) is 0. The van der Waals surface area contributed by atoms with E-state index in [1.807, 2.05) is 55.5 Å². The number of hydrogen-bond donors (Lipinski definition) is 1. The van der Waals surface area contributed by atoms with Crippen molar-refractivity contribution in [3.8, 4) is 22.7 Å². The first-order valence-corrected chi connectivity index (χ1v) is 10.2. The zero-order valence-electron chi connectivity index (χ0n) is 16.2. The predicted molar refractivity (Wildman–Crippen MR) is 120 cm³/mol. The Kier molecular flexibility index (Phi) is 5.90. The molecule has 0 radical (unpaired) electrons. The van der Waals surface area contributed by atoms with E-state index in [0.717, 1.165) is 27.2 Å². The van der Waals surface area contributed by atoms with Gasteiger partial charge in [0.05, 0.1) is 24.2 Å². The van der Waals surface area contributed by atoms with E-state index in [1.54, 1.807) is 35.1 Å². The molecule has 0 atom stereocenters. The maximum absolute atomic E-state index is 12.5. The van der Waals surface area contributed by atoms with Gasteiger partial charge in [-0.15, -0.1) is 5.10 Å². The van der Waals surface area contributed by atoms with Crippen LogP contribution >= 0.6 is 15.9 Å². The third kappa shape index (κ3) is 4.41. The maximum Gasteiger partial charge on any atom is 0.255 e. The molecule has 0 saturated carbocycles. The summed E-state index contributed by atoms with van der Waals surface area (Å²) >= 11 is 3.45. The summed E-state index contributed by atoms with van der Waals surface area (Å²) in [6.07, 6.45) is 1.73. The average Bonchev–Trinajstić information content (AvgIpc) is 3.25. The van der Waals surface area contributed by atoms with Crippen LogP contribution in [0.1, 0.15) is 17.3 Å². The molecule has 0 spiro atoms. The zero-order chi connectivity index (χ0) is 20.9. The predicted octanol–water partition coefficient (Wildman–Crippen LogP) is 5.35. The Morgan fingerprint density at radius 2 is 1.70 bits per heavy atom. The second-order valence-corrected chi connectivity index (χ2v) is 7.41. The van der Waals surface area contributed by atoms with Crippen molar-refractivity contribution in [1.82, 2.24) is 15.0 Å². The molecular weight excluding hydrogens is 444 g/mol. The lowest BCUT2D eigenvalue weighted by molar-refractivity contribution is 0.102. The number of carbonyl (C=O) groups is 1. The highest BCUT2D eigenvalue weighted by Gasteiger charge is 2.10. The SMILES string of the molecule is CCOc1ccc(C(=O)Nc2ccc(-n3nncc3-c3ccc(Br)cc3)cc2)cc1. The molecule has 0 fully saturated rings. The highest BCUT2D eigenvalue weighted by atomic mass is 79.9. The molecule has 0 aliphatic heterocycles. The van der Waals surface area contributed by atoms with Gasteiger partial charge in [-0.05, 0) is 67.6 Å². The molecule has 1 N–H and O–H groups in total. The quantitative estimate of drug-likeness (QED) is 0.419. The average molecular weight is 463 g/mol. The first-order chi connectivity index (χ1) is 14.6. The lowest BCUT2D eigenvalue weighted by atomic mass is 10.1. The molecule has 1 amide bonds. The molecule has 150 valence electrons. The van der Waals surface area contributed by atoms with Crippen molar-refractivity contribution < 1.29 is 9.53 Å². The van der Waals surface area contributed by atoms with E-state index in [2.05, 4.69) is 31.6 Å². The molecule has 0 bridgehead atoms. The van der Waals surface area contributed by atoms with E-state index < -0.39 is 0 Å². The summed E-state index contributed by atoms with van der Waals surface area (Å²) in [5, 5.41) is 11.2. The Bertz CT molecular complexity index is 1140. The Morgan fingerprint density at radius 3 is 2.37 bits per heavy atom. The molecule has 3 aromatic carbocycles. The van der Waals surface area contributed by atoms with E-state index in [0.29, 0.717) is 17.9 Å². The number of anilines is 1. The minimum absolute atomic E-state index is 0.179. The van der Waals surface area contributed by atoms with E-state index in [-0.39, 0.29) is 5.91 Å². The molecule has 4 rings (SSSR count). The van der Waals surface area contributed by atoms with Crippen molar-refractivity contribution in [2.45, 2.75) is 6.92 Å². The van der Waals surface area contributed by atoms with Crippen molar-refractivity contribution in [2.24, 2.45) is 0 Å². The second kappa shape index (κ2) is 8.92. The maximum atomic E-state index is 12.5. The first-order valence-electron chi connectivity index (χ1n) is 9.45. The van der Waals surface area contributed by atoms with Gasteiger partial charge in [-0.25, -0.2) is 4.68 Å². The molecule has 0 aliphatic carbocycles. The molecule has 0 saturated heterocycles. The van der Waals surface area contributed by atoms with Crippen LogP contribution in [0.5, 0.6) is 5.75 Å². The highest BCUT2D eigenvalue weighted by Crippen LogP contribution is 2.24. The van der Waals surface area contributed by atoms with Crippen molar-refractivity contribution in [3.63, 3.8) is 0 Å². The number of halogens is 1. The van der Waals surface area contributed by atoms with Crippen LogP contribution in [0.25, 0.3) is 16.9 Å². The van der Waals surface area contributed by atoms with Gasteiger partial charge in [-0.1, -0.05) is 33.3 Å². The van der Waals surface area contributed by atoms with Crippen LogP contribution in [-0.4, -0.2) is 27.5 Å². The van der Waals surface area contributed by atoms with Crippen molar-refractivity contribution in [2.75, 3.05) is 11.9 Å². The molecule has 6 nitrogen and oxygen atoms in total.